The number of rotatable bonds is 4. The Labute approximate surface area is 193 Å². The summed E-state index contributed by atoms with van der Waals surface area (Å²) in [5.74, 6) is 1.73. The van der Waals surface area contributed by atoms with Gasteiger partial charge in [0, 0.05) is 31.6 Å². The highest BCUT2D eigenvalue weighted by Crippen LogP contribution is 2.41. The highest BCUT2D eigenvalue weighted by Gasteiger charge is 2.38. The first-order valence-corrected chi connectivity index (χ1v) is 11.7. The third-order valence-corrected chi connectivity index (χ3v) is 7.37. The number of ether oxygens (including phenoxy) is 1. The van der Waals surface area contributed by atoms with Crippen LogP contribution in [0.1, 0.15) is 47.4 Å². The molecule has 5 rings (SSSR count). The lowest BCUT2D eigenvalue weighted by Gasteiger charge is -2.41. The number of piperidine rings is 1. The summed E-state index contributed by atoms with van der Waals surface area (Å²) in [6.45, 7) is 2.72. The van der Waals surface area contributed by atoms with Gasteiger partial charge in [-0.1, -0.05) is 30.3 Å². The predicted molar refractivity (Wildman–Crippen MR) is 126 cm³/mol. The van der Waals surface area contributed by atoms with Crippen molar-refractivity contribution >= 4 is 5.91 Å². The SMILES string of the molecule is COc1ccc(C(=O)N2CCC3(CCc4nn(Cc5ccccc5)c(=O)n4CC3)CC2)cc1. The molecule has 0 bridgehead atoms. The molecule has 0 aliphatic carbocycles. The monoisotopic (exact) mass is 446 g/mol. The molecular formula is C26H30N4O3. The molecule has 0 atom stereocenters. The zero-order valence-electron chi connectivity index (χ0n) is 19.1. The number of likely N-dealkylation sites (tertiary alicyclic amines) is 1. The molecule has 2 aliphatic rings. The Kier molecular flexibility index (Phi) is 5.79. The van der Waals surface area contributed by atoms with Crippen molar-refractivity contribution in [2.24, 2.45) is 5.41 Å². The number of aromatic nitrogens is 3. The largest absolute Gasteiger partial charge is 0.497 e. The average Bonchev–Trinajstić information content (AvgIpc) is 3.04. The second kappa shape index (κ2) is 8.89. The summed E-state index contributed by atoms with van der Waals surface area (Å²) in [6, 6.07) is 17.3. The molecule has 2 aromatic carbocycles. The maximum absolute atomic E-state index is 13.0. The minimum absolute atomic E-state index is 0.0157. The first kappa shape index (κ1) is 21.5. The van der Waals surface area contributed by atoms with E-state index >= 15 is 0 Å². The summed E-state index contributed by atoms with van der Waals surface area (Å²) in [5, 5.41) is 4.67. The molecule has 0 N–H and O–H groups in total. The zero-order valence-corrected chi connectivity index (χ0v) is 19.1. The van der Waals surface area contributed by atoms with E-state index in [9.17, 15) is 9.59 Å². The molecule has 1 spiro atoms. The number of amides is 1. The van der Waals surface area contributed by atoms with Crippen LogP contribution in [0.15, 0.2) is 59.4 Å². The molecule has 3 aromatic rings. The Morgan fingerprint density at radius 2 is 1.67 bits per heavy atom. The minimum Gasteiger partial charge on any atom is -0.497 e. The first-order valence-electron chi connectivity index (χ1n) is 11.7. The molecule has 1 aromatic heterocycles. The third kappa shape index (κ3) is 4.32. The molecule has 7 heteroatoms. The Bertz CT molecular complexity index is 1170. The quantitative estimate of drug-likeness (QED) is 0.616. The lowest BCUT2D eigenvalue weighted by Crippen LogP contribution is -2.43. The fourth-order valence-electron chi connectivity index (χ4n) is 5.21. The second-order valence-electron chi connectivity index (χ2n) is 9.26. The number of hydrogen-bond acceptors (Lipinski definition) is 4. The smallest absolute Gasteiger partial charge is 0.346 e. The predicted octanol–water partition coefficient (Wildman–Crippen LogP) is 3.36. The van der Waals surface area contributed by atoms with Crippen molar-refractivity contribution in [2.45, 2.75) is 45.2 Å². The molecule has 2 aliphatic heterocycles. The van der Waals surface area contributed by atoms with Crippen molar-refractivity contribution in [3.63, 3.8) is 0 Å². The number of hydrogen-bond donors (Lipinski definition) is 0. The third-order valence-electron chi connectivity index (χ3n) is 7.37. The highest BCUT2D eigenvalue weighted by molar-refractivity contribution is 5.94. The standard InChI is InChI=1S/C26H30N4O3/c1-33-22-9-7-21(8-10-22)24(31)28-16-13-26(14-17-28)12-11-23-27-30(25(32)29(23)18-15-26)19-20-5-3-2-4-6-20/h2-10H,11-19H2,1H3. The normalized spacial score (nSPS) is 17.4. The molecule has 1 amide bonds. The average molecular weight is 447 g/mol. The Morgan fingerprint density at radius 1 is 0.970 bits per heavy atom. The minimum atomic E-state index is -0.0157. The van der Waals surface area contributed by atoms with E-state index in [4.69, 9.17) is 4.74 Å². The van der Waals surface area contributed by atoms with Gasteiger partial charge in [0.2, 0.25) is 0 Å². The van der Waals surface area contributed by atoms with Gasteiger partial charge >= 0.3 is 5.69 Å². The van der Waals surface area contributed by atoms with Crippen LogP contribution < -0.4 is 10.4 Å². The van der Waals surface area contributed by atoms with Crippen molar-refractivity contribution in [2.75, 3.05) is 20.2 Å². The maximum Gasteiger partial charge on any atom is 0.346 e. The van der Waals surface area contributed by atoms with E-state index < -0.39 is 0 Å². The van der Waals surface area contributed by atoms with Crippen molar-refractivity contribution in [1.29, 1.82) is 0 Å². The molecule has 1 saturated heterocycles. The van der Waals surface area contributed by atoms with E-state index in [1.54, 1.807) is 11.8 Å². The van der Waals surface area contributed by atoms with Gasteiger partial charge in [-0.25, -0.2) is 9.48 Å². The summed E-state index contributed by atoms with van der Waals surface area (Å²) in [6.07, 6.45) is 4.72. The molecule has 1 fully saturated rings. The molecule has 172 valence electrons. The van der Waals surface area contributed by atoms with Crippen LogP contribution in [0.2, 0.25) is 0 Å². The fraction of sp³-hybridized carbons (Fsp3) is 0.423. The van der Waals surface area contributed by atoms with Gasteiger partial charge in [-0.3, -0.25) is 9.36 Å². The number of fused-ring (bicyclic) bond motifs is 1. The van der Waals surface area contributed by atoms with Crippen LogP contribution in [0.25, 0.3) is 0 Å². The number of nitrogens with zero attached hydrogens (tertiary/aromatic N) is 4. The zero-order chi connectivity index (χ0) is 22.8. The van der Waals surface area contributed by atoms with Gasteiger partial charge in [0.25, 0.3) is 5.91 Å². The summed E-state index contributed by atoms with van der Waals surface area (Å²) in [5.41, 5.74) is 1.94. The molecule has 0 saturated carbocycles. The van der Waals surface area contributed by atoms with Crippen molar-refractivity contribution in [3.05, 3.63) is 82.0 Å². The van der Waals surface area contributed by atoms with Crippen LogP contribution >= 0.6 is 0 Å². The topological polar surface area (TPSA) is 69.4 Å². The molecule has 7 nitrogen and oxygen atoms in total. The Morgan fingerprint density at radius 3 is 2.36 bits per heavy atom. The fourth-order valence-corrected chi connectivity index (χ4v) is 5.21. The lowest BCUT2D eigenvalue weighted by molar-refractivity contribution is 0.0535. The number of carbonyl (C=O) groups is 1. The summed E-state index contributed by atoms with van der Waals surface area (Å²) < 4.78 is 8.65. The molecule has 33 heavy (non-hydrogen) atoms. The van der Waals surface area contributed by atoms with Crippen molar-refractivity contribution in [3.8, 4) is 5.75 Å². The van der Waals surface area contributed by atoms with Crippen LogP contribution in [0, 0.1) is 5.41 Å². The van der Waals surface area contributed by atoms with Gasteiger partial charge in [-0.2, -0.15) is 5.10 Å². The van der Waals surface area contributed by atoms with E-state index in [1.807, 2.05) is 64.1 Å². The van der Waals surface area contributed by atoms with Crippen molar-refractivity contribution in [1.82, 2.24) is 19.2 Å². The van der Waals surface area contributed by atoms with E-state index in [0.717, 1.165) is 62.3 Å². The van der Waals surface area contributed by atoms with Gasteiger partial charge in [0.05, 0.1) is 13.7 Å². The number of aryl methyl sites for hydroxylation is 1. The van der Waals surface area contributed by atoms with Gasteiger partial charge in [-0.15, -0.1) is 0 Å². The Balaban J connectivity index is 1.23. The molecule has 0 unspecified atom stereocenters. The van der Waals surface area contributed by atoms with E-state index in [2.05, 4.69) is 5.10 Å². The number of carbonyl (C=O) groups excluding carboxylic acids is 1. The van der Waals surface area contributed by atoms with Crippen molar-refractivity contribution < 1.29 is 9.53 Å². The van der Waals surface area contributed by atoms with Crippen LogP contribution in [0.4, 0.5) is 0 Å². The Hall–Kier alpha value is -3.35. The van der Waals surface area contributed by atoms with E-state index in [-0.39, 0.29) is 17.0 Å². The molecule has 0 radical (unpaired) electrons. The second-order valence-corrected chi connectivity index (χ2v) is 9.26. The van der Waals surface area contributed by atoms with E-state index in [0.29, 0.717) is 18.7 Å². The highest BCUT2D eigenvalue weighted by atomic mass is 16.5. The van der Waals surface area contributed by atoms with E-state index in [1.165, 1.54) is 0 Å². The number of benzene rings is 2. The van der Waals surface area contributed by atoms with Gasteiger partial charge in [0.15, 0.2) is 0 Å². The summed E-state index contributed by atoms with van der Waals surface area (Å²) in [4.78, 5) is 27.9. The summed E-state index contributed by atoms with van der Waals surface area (Å²) >= 11 is 0. The maximum atomic E-state index is 13.0. The lowest BCUT2D eigenvalue weighted by atomic mass is 9.72. The number of methoxy groups -OCH3 is 1. The van der Waals surface area contributed by atoms with Crippen LogP contribution in [-0.4, -0.2) is 45.4 Å². The molecule has 3 heterocycles. The molecular weight excluding hydrogens is 416 g/mol. The van der Waals surface area contributed by atoms with Crippen LogP contribution in [-0.2, 0) is 19.5 Å². The van der Waals surface area contributed by atoms with Crippen LogP contribution in [0.5, 0.6) is 5.75 Å². The van der Waals surface area contributed by atoms with Gasteiger partial charge < -0.3 is 9.64 Å². The van der Waals surface area contributed by atoms with Crippen LogP contribution in [0.3, 0.4) is 0 Å². The summed E-state index contributed by atoms with van der Waals surface area (Å²) in [7, 11) is 1.62. The first-order chi connectivity index (χ1) is 16.1. The van der Waals surface area contributed by atoms with Gasteiger partial charge in [0.1, 0.15) is 11.6 Å². The van der Waals surface area contributed by atoms with Gasteiger partial charge in [-0.05, 0) is 60.9 Å².